The van der Waals surface area contributed by atoms with Crippen LogP contribution in [0.4, 0.5) is 5.69 Å². The summed E-state index contributed by atoms with van der Waals surface area (Å²) in [5.41, 5.74) is 6.84. The molecule has 0 spiro atoms. The van der Waals surface area contributed by atoms with Crippen LogP contribution in [0, 0.1) is 0 Å². The molecule has 1 atom stereocenters. The van der Waals surface area contributed by atoms with Crippen LogP contribution < -0.4 is 16.4 Å². The minimum absolute atomic E-state index is 0.0481. The lowest BCUT2D eigenvalue weighted by Gasteiger charge is -2.12. The van der Waals surface area contributed by atoms with Crippen molar-refractivity contribution in [2.75, 3.05) is 12.3 Å². The van der Waals surface area contributed by atoms with E-state index in [1.165, 1.54) is 0 Å². The Morgan fingerprint density at radius 2 is 2.10 bits per heavy atom. The lowest BCUT2D eigenvalue weighted by molar-refractivity contribution is -0.121. The van der Waals surface area contributed by atoms with Crippen molar-refractivity contribution < 1.29 is 9.59 Å². The van der Waals surface area contributed by atoms with E-state index in [0.29, 0.717) is 17.9 Å². The van der Waals surface area contributed by atoms with E-state index in [4.69, 9.17) is 5.73 Å². The fourth-order valence-corrected chi connectivity index (χ4v) is 1.98. The number of rotatable bonds is 8. The molecule has 2 amide bonds. The predicted molar refractivity (Wildman–Crippen MR) is 84.0 cm³/mol. The van der Waals surface area contributed by atoms with E-state index >= 15 is 0 Å². The highest BCUT2D eigenvalue weighted by Crippen LogP contribution is 2.11. The Morgan fingerprint density at radius 1 is 1.38 bits per heavy atom. The average molecular weight is 294 g/mol. The van der Waals surface area contributed by atoms with Crippen molar-refractivity contribution in [2.45, 2.75) is 52.6 Å². The largest absolute Gasteiger partial charge is 0.397 e. The van der Waals surface area contributed by atoms with Gasteiger partial charge in [0.15, 0.2) is 0 Å². The minimum Gasteiger partial charge on any atom is -0.397 e. The molecule has 1 aromatic rings. The summed E-state index contributed by atoms with van der Waals surface area (Å²) in [6.45, 7) is 7.07. The fraction of sp³-hybridized carbons (Fsp3) is 0.600. The predicted octanol–water partition coefficient (Wildman–Crippen LogP) is 1.51. The van der Waals surface area contributed by atoms with Crippen LogP contribution in [-0.4, -0.2) is 29.0 Å². The fourth-order valence-electron chi connectivity index (χ4n) is 1.98. The molecule has 0 aliphatic heterocycles. The van der Waals surface area contributed by atoms with Gasteiger partial charge in [-0.15, -0.1) is 0 Å². The van der Waals surface area contributed by atoms with Crippen molar-refractivity contribution in [3.8, 4) is 0 Å². The normalized spacial score (nSPS) is 12.0. The molecule has 118 valence electrons. The molecule has 1 heterocycles. The standard InChI is InChI=1S/C15H26N4O2/c1-4-8-19-10-12(16)9-13(19)15(21)17-7-6-14(20)18-11(3)5-2/h9-11H,4-8,16H2,1-3H3,(H,17,21)(H,18,20). The lowest BCUT2D eigenvalue weighted by Crippen LogP contribution is -2.35. The van der Waals surface area contributed by atoms with Gasteiger partial charge >= 0.3 is 0 Å². The van der Waals surface area contributed by atoms with E-state index in [0.717, 1.165) is 19.4 Å². The quantitative estimate of drug-likeness (QED) is 0.679. The molecule has 1 unspecified atom stereocenters. The van der Waals surface area contributed by atoms with Crippen LogP contribution in [0.2, 0.25) is 0 Å². The van der Waals surface area contributed by atoms with E-state index in [1.807, 2.05) is 25.3 Å². The third kappa shape index (κ3) is 5.49. The molecule has 21 heavy (non-hydrogen) atoms. The molecule has 0 radical (unpaired) electrons. The third-order valence-corrected chi connectivity index (χ3v) is 3.27. The maximum absolute atomic E-state index is 12.1. The number of hydrogen-bond acceptors (Lipinski definition) is 3. The smallest absolute Gasteiger partial charge is 0.267 e. The molecular weight excluding hydrogens is 268 g/mol. The van der Waals surface area contributed by atoms with Crippen molar-refractivity contribution >= 4 is 17.5 Å². The van der Waals surface area contributed by atoms with E-state index < -0.39 is 0 Å². The number of anilines is 1. The van der Waals surface area contributed by atoms with Crippen LogP contribution in [0.1, 0.15) is 50.5 Å². The second-order valence-electron chi connectivity index (χ2n) is 5.23. The highest BCUT2D eigenvalue weighted by Gasteiger charge is 2.13. The molecule has 0 aliphatic rings. The number of nitrogens with one attached hydrogen (secondary N) is 2. The molecule has 0 saturated heterocycles. The first-order valence-corrected chi connectivity index (χ1v) is 7.51. The first-order valence-electron chi connectivity index (χ1n) is 7.51. The summed E-state index contributed by atoms with van der Waals surface area (Å²) in [6.07, 6.45) is 3.85. The Labute approximate surface area is 126 Å². The number of carbonyl (C=O) groups is 2. The molecule has 6 nitrogen and oxygen atoms in total. The van der Waals surface area contributed by atoms with Crippen LogP contribution in [0.5, 0.6) is 0 Å². The molecule has 1 aromatic heterocycles. The van der Waals surface area contributed by atoms with Gasteiger partial charge in [-0.3, -0.25) is 9.59 Å². The molecule has 0 bridgehead atoms. The third-order valence-electron chi connectivity index (χ3n) is 3.27. The Kier molecular flexibility index (Phi) is 6.78. The van der Waals surface area contributed by atoms with Crippen molar-refractivity contribution in [3.05, 3.63) is 18.0 Å². The van der Waals surface area contributed by atoms with Gasteiger partial charge in [0.05, 0.1) is 5.69 Å². The zero-order valence-electron chi connectivity index (χ0n) is 13.1. The summed E-state index contributed by atoms with van der Waals surface area (Å²) in [5.74, 6) is -0.246. The summed E-state index contributed by atoms with van der Waals surface area (Å²) >= 11 is 0. The summed E-state index contributed by atoms with van der Waals surface area (Å²) < 4.78 is 1.84. The Morgan fingerprint density at radius 3 is 2.71 bits per heavy atom. The van der Waals surface area contributed by atoms with Crippen molar-refractivity contribution in [1.82, 2.24) is 15.2 Å². The van der Waals surface area contributed by atoms with Gasteiger partial charge in [-0.25, -0.2) is 0 Å². The summed E-state index contributed by atoms with van der Waals surface area (Å²) in [4.78, 5) is 23.7. The van der Waals surface area contributed by atoms with Gasteiger partial charge in [0.2, 0.25) is 5.91 Å². The highest BCUT2D eigenvalue weighted by atomic mass is 16.2. The maximum atomic E-state index is 12.1. The highest BCUT2D eigenvalue weighted by molar-refractivity contribution is 5.94. The zero-order valence-corrected chi connectivity index (χ0v) is 13.1. The van der Waals surface area contributed by atoms with Gasteiger partial charge < -0.3 is 20.9 Å². The summed E-state index contributed by atoms with van der Waals surface area (Å²) in [6, 6.07) is 1.82. The van der Waals surface area contributed by atoms with Gasteiger partial charge in [0.25, 0.3) is 5.91 Å². The van der Waals surface area contributed by atoms with E-state index in [-0.39, 0.29) is 24.3 Å². The first-order chi connectivity index (χ1) is 9.97. The Bertz CT molecular complexity index is 482. The van der Waals surface area contributed by atoms with Crippen LogP contribution in [0.25, 0.3) is 0 Å². The van der Waals surface area contributed by atoms with Crippen molar-refractivity contribution in [3.63, 3.8) is 0 Å². The second-order valence-corrected chi connectivity index (χ2v) is 5.23. The number of nitrogens with two attached hydrogens (primary N) is 1. The van der Waals surface area contributed by atoms with Crippen LogP contribution in [0.15, 0.2) is 12.3 Å². The summed E-state index contributed by atoms with van der Waals surface area (Å²) in [7, 11) is 0. The number of nitrogen functional groups attached to an aromatic ring is 1. The molecule has 0 aliphatic carbocycles. The van der Waals surface area contributed by atoms with Gasteiger partial charge in [0, 0.05) is 31.7 Å². The van der Waals surface area contributed by atoms with E-state index in [1.54, 1.807) is 12.3 Å². The van der Waals surface area contributed by atoms with Gasteiger partial charge in [-0.05, 0) is 25.8 Å². The van der Waals surface area contributed by atoms with Crippen LogP contribution in [-0.2, 0) is 11.3 Å². The van der Waals surface area contributed by atoms with E-state index in [9.17, 15) is 9.59 Å². The molecule has 6 heteroatoms. The van der Waals surface area contributed by atoms with Gasteiger partial charge in [0.1, 0.15) is 5.69 Å². The zero-order chi connectivity index (χ0) is 15.8. The number of amides is 2. The number of aromatic nitrogens is 1. The SMILES string of the molecule is CCCn1cc(N)cc1C(=O)NCCC(=O)NC(C)CC. The number of nitrogens with zero attached hydrogens (tertiary/aromatic N) is 1. The number of aryl methyl sites for hydroxylation is 1. The van der Waals surface area contributed by atoms with Crippen molar-refractivity contribution in [1.29, 1.82) is 0 Å². The molecule has 0 saturated carbocycles. The van der Waals surface area contributed by atoms with Crippen molar-refractivity contribution in [2.24, 2.45) is 0 Å². The molecule has 0 aromatic carbocycles. The monoisotopic (exact) mass is 294 g/mol. The molecule has 1 rings (SSSR count). The lowest BCUT2D eigenvalue weighted by atomic mass is 10.2. The summed E-state index contributed by atoms with van der Waals surface area (Å²) in [5, 5.41) is 5.62. The molecule has 0 fully saturated rings. The van der Waals surface area contributed by atoms with Gasteiger partial charge in [-0.2, -0.15) is 0 Å². The Hall–Kier alpha value is -1.98. The average Bonchev–Trinajstić information content (AvgIpc) is 2.80. The topological polar surface area (TPSA) is 89.2 Å². The number of carbonyl (C=O) groups excluding carboxylic acids is 2. The van der Waals surface area contributed by atoms with Gasteiger partial charge in [-0.1, -0.05) is 13.8 Å². The molecule has 4 N–H and O–H groups in total. The van der Waals surface area contributed by atoms with Crippen LogP contribution >= 0.6 is 0 Å². The second kappa shape index (κ2) is 8.34. The van der Waals surface area contributed by atoms with Crippen LogP contribution in [0.3, 0.4) is 0 Å². The van der Waals surface area contributed by atoms with E-state index in [2.05, 4.69) is 10.6 Å². The molecular formula is C15H26N4O2. The Balaban J connectivity index is 2.45. The minimum atomic E-state index is -0.198. The first kappa shape index (κ1) is 17.1. The maximum Gasteiger partial charge on any atom is 0.267 e. The number of hydrogen-bond donors (Lipinski definition) is 3.